The van der Waals surface area contributed by atoms with Crippen molar-refractivity contribution in [2.24, 2.45) is 0 Å². The number of para-hydroxylation sites is 1. The van der Waals surface area contributed by atoms with Crippen molar-refractivity contribution in [2.45, 2.75) is 112 Å². The molecular weight excluding hydrogens is 667 g/mol. The Morgan fingerprint density at radius 3 is 1.82 bits per heavy atom. The maximum atomic E-state index is 7.57. The predicted molar refractivity (Wildman–Crippen MR) is 236 cm³/mol. The summed E-state index contributed by atoms with van der Waals surface area (Å²) < 4.78 is 7.57. The molecule has 3 aliphatic rings. The molecule has 278 valence electrons. The van der Waals surface area contributed by atoms with Crippen LogP contribution in [0.3, 0.4) is 0 Å². The van der Waals surface area contributed by atoms with E-state index in [9.17, 15) is 0 Å². The molecule has 6 aromatic rings. The molecule has 0 bridgehead atoms. The van der Waals surface area contributed by atoms with E-state index >= 15 is 0 Å². The van der Waals surface area contributed by atoms with Crippen molar-refractivity contribution in [3.8, 4) is 11.1 Å². The zero-order valence-electron chi connectivity index (χ0n) is 35.0. The second-order valence-electron chi connectivity index (χ2n) is 19.2. The summed E-state index contributed by atoms with van der Waals surface area (Å²) in [7, 11) is 0. The Hall–Kier alpha value is -4.96. The predicted octanol–water partition coefficient (Wildman–Crippen LogP) is 12.2. The van der Waals surface area contributed by atoms with Crippen molar-refractivity contribution in [3.05, 3.63) is 136 Å². The maximum absolute atomic E-state index is 7.57. The Morgan fingerprint density at radius 2 is 1.20 bits per heavy atom. The summed E-state index contributed by atoms with van der Waals surface area (Å²) in [6.45, 7) is 27.7. The number of aryl methyl sites for hydroxylation is 5. The van der Waals surface area contributed by atoms with E-state index in [1.54, 1.807) is 0 Å². The third-order valence-electron chi connectivity index (χ3n) is 13.1. The molecule has 9 rings (SSSR count). The summed E-state index contributed by atoms with van der Waals surface area (Å²) in [6, 6.07) is 34.8. The first-order valence-corrected chi connectivity index (χ1v) is 20.3. The van der Waals surface area contributed by atoms with Crippen molar-refractivity contribution in [1.29, 1.82) is 0 Å². The number of hydrogen-bond acceptors (Lipinski definition) is 3. The lowest BCUT2D eigenvalue weighted by atomic mass is 9.35. The molecule has 0 atom stereocenters. The van der Waals surface area contributed by atoms with E-state index in [1.165, 1.54) is 95.1 Å². The maximum Gasteiger partial charge on any atom is 0.297 e. The third kappa shape index (κ3) is 5.30. The summed E-state index contributed by atoms with van der Waals surface area (Å²) in [6.07, 6.45) is 2.20. The summed E-state index contributed by atoms with van der Waals surface area (Å²) in [5.41, 5.74) is 22.6. The summed E-state index contributed by atoms with van der Waals surface area (Å²) in [5.74, 6) is 1.15. The van der Waals surface area contributed by atoms with Crippen molar-refractivity contribution < 1.29 is 4.42 Å². The number of hydrogen-bond donors (Lipinski definition) is 0. The van der Waals surface area contributed by atoms with Gasteiger partial charge in [0.05, 0.1) is 17.0 Å². The van der Waals surface area contributed by atoms with Gasteiger partial charge in [-0.1, -0.05) is 109 Å². The molecule has 5 aromatic carbocycles. The highest BCUT2D eigenvalue weighted by Crippen LogP contribution is 2.55. The highest BCUT2D eigenvalue weighted by atomic mass is 16.3. The lowest BCUT2D eigenvalue weighted by Crippen LogP contribution is -2.61. The van der Waals surface area contributed by atoms with Gasteiger partial charge < -0.3 is 14.2 Å². The second kappa shape index (κ2) is 12.0. The van der Waals surface area contributed by atoms with Crippen molar-refractivity contribution in [3.63, 3.8) is 0 Å². The normalized spacial score (nSPS) is 16.4. The molecule has 0 amide bonds. The van der Waals surface area contributed by atoms with E-state index in [0.29, 0.717) is 0 Å². The largest absolute Gasteiger partial charge is 0.472 e. The van der Waals surface area contributed by atoms with Crippen LogP contribution in [0.4, 0.5) is 34.1 Å². The SMILES string of the molecule is Cc1cc2c3c(c1)N(c1c(C)cccc1C)c1ccc(-c4c(C)cccc4C)cc1B3c1oc3c(c1N2c1ccc(C(C)(C)C)cc1)C(C)(C)CCC3(C)C. The van der Waals surface area contributed by atoms with Gasteiger partial charge in [-0.15, -0.1) is 0 Å². The molecule has 0 fully saturated rings. The van der Waals surface area contributed by atoms with Crippen LogP contribution in [0.15, 0.2) is 95.4 Å². The quantitative estimate of drug-likeness (QED) is 0.169. The van der Waals surface area contributed by atoms with Crippen LogP contribution in [0.5, 0.6) is 0 Å². The molecule has 1 aliphatic carbocycles. The fourth-order valence-electron chi connectivity index (χ4n) is 10.1. The van der Waals surface area contributed by atoms with Crippen LogP contribution in [0.2, 0.25) is 0 Å². The Kier molecular flexibility index (Phi) is 7.81. The Labute approximate surface area is 329 Å². The van der Waals surface area contributed by atoms with Gasteiger partial charge in [-0.2, -0.15) is 0 Å². The van der Waals surface area contributed by atoms with Crippen LogP contribution < -0.4 is 26.4 Å². The minimum absolute atomic E-state index is 0.0579. The number of anilines is 6. The second-order valence-corrected chi connectivity index (χ2v) is 19.2. The molecule has 55 heavy (non-hydrogen) atoms. The molecule has 0 spiro atoms. The highest BCUT2D eigenvalue weighted by Gasteiger charge is 2.52. The molecule has 0 N–H and O–H groups in total. The van der Waals surface area contributed by atoms with E-state index in [1.807, 2.05) is 0 Å². The Balaban J connectivity index is 1.43. The summed E-state index contributed by atoms with van der Waals surface area (Å²) >= 11 is 0. The minimum Gasteiger partial charge on any atom is -0.472 e. The zero-order chi connectivity index (χ0) is 38.9. The molecule has 3 nitrogen and oxygen atoms in total. The van der Waals surface area contributed by atoms with Gasteiger partial charge in [0, 0.05) is 33.7 Å². The van der Waals surface area contributed by atoms with E-state index < -0.39 is 0 Å². The fourth-order valence-corrected chi connectivity index (χ4v) is 10.1. The smallest absolute Gasteiger partial charge is 0.297 e. The van der Waals surface area contributed by atoms with Gasteiger partial charge in [0.1, 0.15) is 5.76 Å². The van der Waals surface area contributed by atoms with E-state index in [2.05, 4.69) is 184 Å². The summed E-state index contributed by atoms with van der Waals surface area (Å²) in [5, 5.41) is 0. The van der Waals surface area contributed by atoms with Gasteiger partial charge >= 0.3 is 0 Å². The van der Waals surface area contributed by atoms with Crippen LogP contribution in [0, 0.1) is 34.6 Å². The fraction of sp³-hybridized carbons (Fsp3) is 0.333. The van der Waals surface area contributed by atoms with Gasteiger partial charge in [0.2, 0.25) is 0 Å². The van der Waals surface area contributed by atoms with Crippen LogP contribution in [-0.2, 0) is 16.2 Å². The van der Waals surface area contributed by atoms with Crippen LogP contribution in [-0.4, -0.2) is 6.71 Å². The molecule has 0 saturated heterocycles. The number of nitrogens with zero attached hydrogens (tertiary/aromatic N) is 2. The lowest BCUT2D eigenvalue weighted by Gasteiger charge is -2.45. The average molecular weight is 723 g/mol. The van der Waals surface area contributed by atoms with Gasteiger partial charge in [-0.3, -0.25) is 0 Å². The highest BCUT2D eigenvalue weighted by molar-refractivity contribution is 6.99. The molecule has 4 heteroatoms. The Bertz CT molecular complexity index is 2500. The van der Waals surface area contributed by atoms with Gasteiger partial charge in [-0.05, 0) is 144 Å². The number of furan rings is 1. The van der Waals surface area contributed by atoms with Crippen molar-refractivity contribution in [1.82, 2.24) is 0 Å². The van der Waals surface area contributed by atoms with E-state index in [4.69, 9.17) is 4.42 Å². The molecule has 1 aromatic heterocycles. The first-order chi connectivity index (χ1) is 26.0. The molecule has 3 heterocycles. The zero-order valence-corrected chi connectivity index (χ0v) is 35.0. The third-order valence-corrected chi connectivity index (χ3v) is 13.1. The van der Waals surface area contributed by atoms with Gasteiger partial charge in [0.15, 0.2) is 0 Å². The molecule has 0 saturated carbocycles. The van der Waals surface area contributed by atoms with Gasteiger partial charge in [0.25, 0.3) is 6.71 Å². The van der Waals surface area contributed by atoms with Crippen molar-refractivity contribution in [2.75, 3.05) is 9.80 Å². The summed E-state index contributed by atoms with van der Waals surface area (Å²) in [4.78, 5) is 5.15. The van der Waals surface area contributed by atoms with Crippen LogP contribution in [0.1, 0.15) is 106 Å². The number of fused-ring (bicyclic) bond motifs is 6. The van der Waals surface area contributed by atoms with E-state index in [-0.39, 0.29) is 23.0 Å². The van der Waals surface area contributed by atoms with Crippen molar-refractivity contribution >= 4 is 57.4 Å². The van der Waals surface area contributed by atoms with E-state index in [0.717, 1.165) is 24.3 Å². The standard InChI is InChI=1S/C51H55BN2O/c1-30-27-40-44-41(28-30)54(45-33(4)17-14-18-34(45)5)39-24-19-35(42-31(2)15-13-16-32(42)3)29-38(39)52(44)48-46(43-47(55-48)51(11,12)26-25-50(43,9)10)53(40)37-22-20-36(21-23-37)49(6,7)8/h13-24,27-29H,25-26H2,1-12H3. The Morgan fingerprint density at radius 1 is 0.618 bits per heavy atom. The average Bonchev–Trinajstić information content (AvgIpc) is 3.53. The first kappa shape index (κ1) is 35.7. The van der Waals surface area contributed by atoms with Crippen LogP contribution >= 0.6 is 0 Å². The minimum atomic E-state index is -0.0865. The van der Waals surface area contributed by atoms with Crippen LogP contribution in [0.25, 0.3) is 11.1 Å². The molecule has 2 aliphatic heterocycles. The lowest BCUT2D eigenvalue weighted by molar-refractivity contribution is 0.282. The number of rotatable bonds is 3. The topological polar surface area (TPSA) is 19.6 Å². The first-order valence-electron chi connectivity index (χ1n) is 20.3. The molecule has 0 unspecified atom stereocenters. The monoisotopic (exact) mass is 722 g/mol. The van der Waals surface area contributed by atoms with Gasteiger partial charge in [-0.25, -0.2) is 0 Å². The molecular formula is C51H55BN2O. The molecule has 0 radical (unpaired) electrons. The number of benzene rings is 5.